The molecular formula is C16H18. The second kappa shape index (κ2) is 4.98. The van der Waals surface area contributed by atoms with Gasteiger partial charge in [0.05, 0.1) is 0 Å². The molecule has 1 aliphatic carbocycles. The molecule has 0 saturated carbocycles. The van der Waals surface area contributed by atoms with E-state index in [1.807, 2.05) is 6.07 Å². The van der Waals surface area contributed by atoms with Crippen LogP contribution in [0.3, 0.4) is 0 Å². The molecule has 1 aromatic carbocycles. The van der Waals surface area contributed by atoms with Crippen LogP contribution in [0.15, 0.2) is 66.3 Å². The van der Waals surface area contributed by atoms with Crippen LogP contribution in [0.25, 0.3) is 0 Å². The highest BCUT2D eigenvalue weighted by Crippen LogP contribution is 2.22. The predicted octanol–water partition coefficient (Wildman–Crippen LogP) is 4.31. The molecule has 0 bridgehead atoms. The second-order valence-electron chi connectivity index (χ2n) is 4.50. The van der Waals surface area contributed by atoms with E-state index in [4.69, 9.17) is 0 Å². The van der Waals surface area contributed by atoms with Crippen LogP contribution in [0.2, 0.25) is 0 Å². The van der Waals surface area contributed by atoms with E-state index in [9.17, 15) is 0 Å². The summed E-state index contributed by atoms with van der Waals surface area (Å²) in [6, 6.07) is 10.5. The van der Waals surface area contributed by atoms with Gasteiger partial charge in [-0.1, -0.05) is 62.1 Å². The quantitative estimate of drug-likeness (QED) is 0.697. The standard InChI is InChI=1S/C16H18/c1-13-8-10-16(11-9-13)14(2)12-15-6-4-3-5-7-15/h3-8,10-11,13H,2,9,12H2,1H3. The summed E-state index contributed by atoms with van der Waals surface area (Å²) in [5, 5.41) is 0. The van der Waals surface area contributed by atoms with Crippen LogP contribution in [0.4, 0.5) is 0 Å². The minimum atomic E-state index is 0.674. The first-order chi connectivity index (χ1) is 7.75. The van der Waals surface area contributed by atoms with Crippen molar-refractivity contribution in [1.29, 1.82) is 0 Å². The molecule has 82 valence electrons. The van der Waals surface area contributed by atoms with Gasteiger partial charge in [-0.05, 0) is 35.5 Å². The Hall–Kier alpha value is -1.56. The molecule has 1 aromatic rings. The summed E-state index contributed by atoms with van der Waals surface area (Å²) < 4.78 is 0. The number of allylic oxidation sites excluding steroid dienone is 5. The highest BCUT2D eigenvalue weighted by molar-refractivity contribution is 5.42. The van der Waals surface area contributed by atoms with Crippen molar-refractivity contribution in [2.75, 3.05) is 0 Å². The zero-order valence-corrected chi connectivity index (χ0v) is 9.82. The summed E-state index contributed by atoms with van der Waals surface area (Å²) in [5.41, 5.74) is 3.86. The lowest BCUT2D eigenvalue weighted by Crippen LogP contribution is -1.98. The van der Waals surface area contributed by atoms with Gasteiger partial charge in [-0.2, -0.15) is 0 Å². The zero-order chi connectivity index (χ0) is 11.4. The molecule has 0 aromatic heterocycles. The molecule has 2 rings (SSSR count). The summed E-state index contributed by atoms with van der Waals surface area (Å²) in [5.74, 6) is 0.674. The van der Waals surface area contributed by atoms with Crippen molar-refractivity contribution >= 4 is 0 Å². The van der Waals surface area contributed by atoms with Crippen molar-refractivity contribution in [1.82, 2.24) is 0 Å². The maximum absolute atomic E-state index is 4.18. The molecule has 0 N–H and O–H groups in total. The summed E-state index contributed by atoms with van der Waals surface area (Å²) >= 11 is 0. The smallest absolute Gasteiger partial charge is 0.00258 e. The van der Waals surface area contributed by atoms with E-state index in [-0.39, 0.29) is 0 Å². The van der Waals surface area contributed by atoms with Gasteiger partial charge in [0.15, 0.2) is 0 Å². The van der Waals surface area contributed by atoms with Crippen LogP contribution in [0, 0.1) is 5.92 Å². The first-order valence-corrected chi connectivity index (χ1v) is 5.86. The fraction of sp³-hybridized carbons (Fsp3) is 0.250. The number of rotatable bonds is 3. The average molecular weight is 210 g/mol. The lowest BCUT2D eigenvalue weighted by Gasteiger charge is -2.13. The van der Waals surface area contributed by atoms with Crippen LogP contribution in [-0.2, 0) is 6.42 Å². The highest BCUT2D eigenvalue weighted by Gasteiger charge is 2.06. The molecule has 1 atom stereocenters. The van der Waals surface area contributed by atoms with Crippen LogP contribution >= 0.6 is 0 Å². The van der Waals surface area contributed by atoms with Gasteiger partial charge in [0.1, 0.15) is 0 Å². The monoisotopic (exact) mass is 210 g/mol. The normalized spacial score (nSPS) is 19.3. The van der Waals surface area contributed by atoms with Gasteiger partial charge in [0.25, 0.3) is 0 Å². The van der Waals surface area contributed by atoms with Crippen molar-refractivity contribution in [2.24, 2.45) is 5.92 Å². The lowest BCUT2D eigenvalue weighted by molar-refractivity contribution is 0.731. The Morgan fingerprint density at radius 2 is 2.06 bits per heavy atom. The number of hydrogen-bond acceptors (Lipinski definition) is 0. The van der Waals surface area contributed by atoms with Gasteiger partial charge < -0.3 is 0 Å². The Kier molecular flexibility index (Phi) is 3.40. The molecule has 0 heteroatoms. The predicted molar refractivity (Wildman–Crippen MR) is 70.3 cm³/mol. The molecule has 0 radical (unpaired) electrons. The molecular weight excluding hydrogens is 192 g/mol. The van der Waals surface area contributed by atoms with Gasteiger partial charge in [-0.15, -0.1) is 0 Å². The minimum absolute atomic E-state index is 0.674. The Morgan fingerprint density at radius 1 is 1.31 bits per heavy atom. The molecule has 0 aliphatic heterocycles. The van der Waals surface area contributed by atoms with Crippen LogP contribution in [0.5, 0.6) is 0 Å². The molecule has 0 amide bonds. The largest absolute Gasteiger partial charge is 0.0949 e. The summed E-state index contributed by atoms with van der Waals surface area (Å²) in [7, 11) is 0. The van der Waals surface area contributed by atoms with Gasteiger partial charge >= 0.3 is 0 Å². The van der Waals surface area contributed by atoms with Gasteiger partial charge in [0.2, 0.25) is 0 Å². The highest BCUT2D eigenvalue weighted by atomic mass is 14.1. The third-order valence-corrected chi connectivity index (χ3v) is 2.98. The van der Waals surface area contributed by atoms with E-state index < -0.39 is 0 Å². The van der Waals surface area contributed by atoms with E-state index >= 15 is 0 Å². The first kappa shape index (κ1) is 10.9. The van der Waals surface area contributed by atoms with E-state index in [0.717, 1.165) is 12.8 Å². The molecule has 1 unspecified atom stereocenters. The molecule has 16 heavy (non-hydrogen) atoms. The lowest BCUT2D eigenvalue weighted by atomic mass is 9.92. The van der Waals surface area contributed by atoms with E-state index in [1.54, 1.807) is 0 Å². The van der Waals surface area contributed by atoms with E-state index in [2.05, 4.69) is 56.0 Å². The van der Waals surface area contributed by atoms with Crippen molar-refractivity contribution in [3.8, 4) is 0 Å². The molecule has 0 nitrogen and oxygen atoms in total. The van der Waals surface area contributed by atoms with Gasteiger partial charge in [-0.25, -0.2) is 0 Å². The first-order valence-electron chi connectivity index (χ1n) is 5.86. The number of benzene rings is 1. The molecule has 0 heterocycles. The van der Waals surface area contributed by atoms with E-state index in [1.165, 1.54) is 16.7 Å². The summed E-state index contributed by atoms with van der Waals surface area (Å²) in [4.78, 5) is 0. The van der Waals surface area contributed by atoms with Crippen LogP contribution < -0.4 is 0 Å². The fourth-order valence-electron chi connectivity index (χ4n) is 1.93. The SMILES string of the molecule is C=C(Cc1ccccc1)C1=CCC(C)C=C1. The summed E-state index contributed by atoms with van der Waals surface area (Å²) in [6.45, 7) is 6.42. The second-order valence-corrected chi connectivity index (χ2v) is 4.50. The van der Waals surface area contributed by atoms with Crippen molar-refractivity contribution < 1.29 is 0 Å². The van der Waals surface area contributed by atoms with Crippen molar-refractivity contribution in [2.45, 2.75) is 19.8 Å². The Morgan fingerprint density at radius 3 is 2.69 bits per heavy atom. The van der Waals surface area contributed by atoms with Crippen molar-refractivity contribution in [3.05, 3.63) is 71.8 Å². The molecule has 0 spiro atoms. The topological polar surface area (TPSA) is 0 Å². The zero-order valence-electron chi connectivity index (χ0n) is 9.82. The third kappa shape index (κ3) is 2.73. The fourth-order valence-corrected chi connectivity index (χ4v) is 1.93. The maximum atomic E-state index is 4.18. The molecule has 0 fully saturated rings. The Balaban J connectivity index is 2.02. The van der Waals surface area contributed by atoms with E-state index in [0.29, 0.717) is 5.92 Å². The van der Waals surface area contributed by atoms with Crippen molar-refractivity contribution in [3.63, 3.8) is 0 Å². The number of hydrogen-bond donors (Lipinski definition) is 0. The Bertz CT molecular complexity index is 421. The summed E-state index contributed by atoms with van der Waals surface area (Å²) in [6.07, 6.45) is 8.87. The minimum Gasteiger partial charge on any atom is -0.0949 e. The maximum Gasteiger partial charge on any atom is -0.00258 e. The molecule has 1 aliphatic rings. The van der Waals surface area contributed by atoms with Gasteiger partial charge in [0, 0.05) is 0 Å². The van der Waals surface area contributed by atoms with Gasteiger partial charge in [-0.3, -0.25) is 0 Å². The van der Waals surface area contributed by atoms with Crippen LogP contribution in [0.1, 0.15) is 18.9 Å². The average Bonchev–Trinajstić information content (AvgIpc) is 2.31. The molecule has 0 saturated heterocycles. The third-order valence-electron chi connectivity index (χ3n) is 2.98. The van der Waals surface area contributed by atoms with Crippen LogP contribution in [-0.4, -0.2) is 0 Å². The Labute approximate surface area is 98.0 Å².